The lowest BCUT2D eigenvalue weighted by atomic mass is 9.61. The smallest absolute Gasteiger partial charge is 0.276 e. The summed E-state index contributed by atoms with van der Waals surface area (Å²) in [7, 11) is 0. The van der Waals surface area contributed by atoms with Crippen LogP contribution >= 0.6 is 0 Å². The van der Waals surface area contributed by atoms with Crippen LogP contribution in [0.2, 0.25) is 0 Å². The fourth-order valence-electron chi connectivity index (χ4n) is 4.67. The second-order valence-corrected chi connectivity index (χ2v) is 7.60. The summed E-state index contributed by atoms with van der Waals surface area (Å²) < 4.78 is 0. The average Bonchev–Trinajstić information content (AvgIpc) is 2.64. The molecule has 2 unspecified atom stereocenters. The zero-order chi connectivity index (χ0) is 17.6. The molecule has 3 fully saturated rings. The van der Waals surface area contributed by atoms with Crippen molar-refractivity contribution in [3.63, 3.8) is 0 Å². The molecule has 0 radical (unpaired) electrons. The maximum Gasteiger partial charge on any atom is 0.276 e. The topological polar surface area (TPSA) is 85.8 Å². The normalized spacial score (nSPS) is 28.1. The minimum absolute atomic E-state index is 0.195. The third-order valence-corrected chi connectivity index (χ3v) is 6.12. The molecule has 2 N–H and O–H groups in total. The van der Waals surface area contributed by atoms with Gasteiger partial charge in [-0.1, -0.05) is 0 Å². The zero-order valence-electron chi connectivity index (χ0n) is 14.4. The molecule has 7 nitrogen and oxygen atoms in total. The monoisotopic (exact) mass is 344 g/mol. The number of nitrogens with one attached hydrogen (secondary N) is 1. The van der Waals surface area contributed by atoms with E-state index in [9.17, 15) is 9.59 Å². The van der Waals surface area contributed by atoms with Crippen LogP contribution in [-0.2, 0) is 17.8 Å². The van der Waals surface area contributed by atoms with Gasteiger partial charge in [0.1, 0.15) is 0 Å². The Kier molecular flexibility index (Phi) is 4.21. The highest BCUT2D eigenvalue weighted by Gasteiger charge is 2.47. The van der Waals surface area contributed by atoms with E-state index in [1.807, 2.05) is 11.0 Å². The van der Waals surface area contributed by atoms with Crippen molar-refractivity contribution in [2.45, 2.75) is 26.3 Å². The molecule has 2 atom stereocenters. The summed E-state index contributed by atoms with van der Waals surface area (Å²) in [4.78, 5) is 32.0. The molecular weight excluding hydrogens is 320 g/mol. The van der Waals surface area contributed by atoms with Gasteiger partial charge in [-0.15, -0.1) is 0 Å². The molecule has 7 heteroatoms. The maximum atomic E-state index is 11.6. The Morgan fingerprint density at radius 1 is 1.36 bits per heavy atom. The first-order valence-electron chi connectivity index (χ1n) is 8.95. The molecule has 0 aromatic carbocycles. The van der Waals surface area contributed by atoms with E-state index in [1.54, 1.807) is 12.4 Å². The van der Waals surface area contributed by atoms with Gasteiger partial charge in [0.15, 0.2) is 0 Å². The number of hydrogen-bond acceptors (Lipinski definition) is 5. The van der Waals surface area contributed by atoms with Crippen molar-refractivity contribution in [1.29, 1.82) is 0 Å². The van der Waals surface area contributed by atoms with Crippen LogP contribution in [0, 0.1) is 17.8 Å². The van der Waals surface area contributed by atoms with Gasteiger partial charge in [-0.05, 0) is 35.8 Å². The average molecular weight is 344 g/mol. The number of hydrogen-bond donors (Lipinski definition) is 2. The summed E-state index contributed by atoms with van der Waals surface area (Å²) in [5, 5.41) is 8.79. The predicted molar refractivity (Wildman–Crippen MR) is 89.8 cm³/mol. The van der Waals surface area contributed by atoms with Crippen LogP contribution in [0.1, 0.15) is 35.0 Å². The van der Waals surface area contributed by atoms with Crippen LogP contribution in [0.5, 0.6) is 0 Å². The SMILES string of the molecule is CC(=O)N1CC2CC(C1)C2CN1CCc2ncc(C(=O)NO)cc2C1. The summed E-state index contributed by atoms with van der Waals surface area (Å²) in [6, 6.07) is 1.83. The second kappa shape index (κ2) is 6.38. The zero-order valence-corrected chi connectivity index (χ0v) is 14.4. The largest absolute Gasteiger partial charge is 0.342 e. The van der Waals surface area contributed by atoms with Gasteiger partial charge in [0.25, 0.3) is 5.91 Å². The summed E-state index contributed by atoms with van der Waals surface area (Å²) in [6.45, 7) is 6.30. The van der Waals surface area contributed by atoms with E-state index in [2.05, 4.69) is 9.88 Å². The molecule has 2 amide bonds. The number of fused-ring (bicyclic) bond motifs is 3. The molecule has 4 heterocycles. The summed E-state index contributed by atoms with van der Waals surface area (Å²) in [6.07, 6.45) is 3.66. The number of hydroxylamine groups is 1. The molecule has 1 aliphatic carbocycles. The van der Waals surface area contributed by atoms with Gasteiger partial charge in [-0.25, -0.2) is 5.48 Å². The Hall–Kier alpha value is -1.99. The van der Waals surface area contributed by atoms with Crippen LogP contribution < -0.4 is 5.48 Å². The van der Waals surface area contributed by atoms with E-state index in [0.717, 1.165) is 50.4 Å². The Labute approximate surface area is 147 Å². The molecule has 134 valence electrons. The molecule has 25 heavy (non-hydrogen) atoms. The van der Waals surface area contributed by atoms with Gasteiger partial charge in [0.2, 0.25) is 5.91 Å². The number of rotatable bonds is 3. The van der Waals surface area contributed by atoms with Gasteiger partial charge < -0.3 is 4.90 Å². The minimum atomic E-state index is -0.523. The van der Waals surface area contributed by atoms with Crippen molar-refractivity contribution in [2.75, 3.05) is 26.2 Å². The van der Waals surface area contributed by atoms with Gasteiger partial charge >= 0.3 is 0 Å². The molecule has 1 aromatic heterocycles. The first-order chi connectivity index (χ1) is 12.0. The highest BCUT2D eigenvalue weighted by atomic mass is 16.5. The summed E-state index contributed by atoms with van der Waals surface area (Å²) in [5.41, 5.74) is 4.17. The third-order valence-electron chi connectivity index (χ3n) is 6.12. The van der Waals surface area contributed by atoms with E-state index < -0.39 is 5.91 Å². The number of piperidine rings is 2. The van der Waals surface area contributed by atoms with E-state index in [4.69, 9.17) is 5.21 Å². The Morgan fingerprint density at radius 3 is 2.80 bits per heavy atom. The van der Waals surface area contributed by atoms with Crippen LogP contribution in [0.15, 0.2) is 12.3 Å². The number of pyridine rings is 1. The second-order valence-electron chi connectivity index (χ2n) is 7.60. The number of nitrogens with zero attached hydrogens (tertiary/aromatic N) is 3. The predicted octanol–water partition coefficient (Wildman–Crippen LogP) is 0.673. The lowest BCUT2D eigenvalue weighted by Gasteiger charge is -2.55. The quantitative estimate of drug-likeness (QED) is 0.622. The molecule has 1 saturated carbocycles. The standard InChI is InChI=1S/C18H24N4O3/c1-11(23)22-8-13-5-14(9-22)16(13)10-21-3-2-17-15(7-21)4-12(6-19-17)18(24)20-25/h4,6,13-14,16,25H,2-3,5,7-10H2,1H3,(H,20,24). The van der Waals surface area contributed by atoms with Crippen molar-refractivity contribution in [3.05, 3.63) is 29.1 Å². The molecule has 4 aliphatic rings. The van der Waals surface area contributed by atoms with Gasteiger partial charge in [0.05, 0.1) is 5.56 Å². The molecule has 3 aliphatic heterocycles. The number of carbonyl (C=O) groups is 2. The van der Waals surface area contributed by atoms with E-state index in [0.29, 0.717) is 23.3 Å². The number of carbonyl (C=O) groups excluding carboxylic acids is 2. The summed E-state index contributed by atoms with van der Waals surface area (Å²) >= 11 is 0. The Morgan fingerprint density at radius 2 is 2.12 bits per heavy atom. The van der Waals surface area contributed by atoms with E-state index in [1.165, 1.54) is 12.6 Å². The number of amides is 2. The van der Waals surface area contributed by atoms with Crippen LogP contribution in [0.4, 0.5) is 0 Å². The molecular formula is C18H24N4O3. The lowest BCUT2D eigenvalue weighted by Crippen LogP contribution is -2.59. The molecule has 0 spiro atoms. The van der Waals surface area contributed by atoms with Crippen molar-refractivity contribution in [2.24, 2.45) is 17.8 Å². The summed E-state index contributed by atoms with van der Waals surface area (Å²) in [5.74, 6) is 1.61. The fourth-order valence-corrected chi connectivity index (χ4v) is 4.67. The molecule has 2 bridgehead atoms. The fraction of sp³-hybridized carbons (Fsp3) is 0.611. The Balaban J connectivity index is 1.40. The first kappa shape index (κ1) is 16.5. The van der Waals surface area contributed by atoms with E-state index >= 15 is 0 Å². The van der Waals surface area contributed by atoms with Crippen molar-refractivity contribution in [1.82, 2.24) is 20.3 Å². The first-order valence-corrected chi connectivity index (χ1v) is 8.95. The molecule has 1 aromatic rings. The molecule has 5 rings (SSSR count). The van der Waals surface area contributed by atoms with Gasteiger partial charge in [-0.3, -0.25) is 24.7 Å². The van der Waals surface area contributed by atoms with Crippen LogP contribution in [-0.4, -0.2) is 58.0 Å². The van der Waals surface area contributed by atoms with Crippen molar-refractivity contribution in [3.8, 4) is 0 Å². The van der Waals surface area contributed by atoms with Crippen molar-refractivity contribution >= 4 is 11.8 Å². The van der Waals surface area contributed by atoms with Crippen LogP contribution in [0.25, 0.3) is 0 Å². The maximum absolute atomic E-state index is 11.6. The molecule has 2 saturated heterocycles. The minimum Gasteiger partial charge on any atom is -0.342 e. The van der Waals surface area contributed by atoms with Gasteiger partial charge in [-0.2, -0.15) is 0 Å². The third kappa shape index (κ3) is 3.02. The van der Waals surface area contributed by atoms with Crippen molar-refractivity contribution < 1.29 is 14.8 Å². The lowest BCUT2D eigenvalue weighted by molar-refractivity contribution is -0.140. The number of aromatic nitrogens is 1. The van der Waals surface area contributed by atoms with Gasteiger partial charge in [0, 0.05) is 58.0 Å². The highest BCUT2D eigenvalue weighted by molar-refractivity contribution is 5.93. The van der Waals surface area contributed by atoms with Crippen LogP contribution in [0.3, 0.4) is 0 Å². The highest BCUT2D eigenvalue weighted by Crippen LogP contribution is 2.46. The Bertz CT molecular complexity index is 696. The van der Waals surface area contributed by atoms with E-state index in [-0.39, 0.29) is 5.91 Å².